The molecule has 0 fully saturated rings. The molecule has 0 aliphatic heterocycles. The van der Waals surface area contributed by atoms with E-state index in [2.05, 4.69) is 4.74 Å². The van der Waals surface area contributed by atoms with Gasteiger partial charge in [0.05, 0.1) is 7.11 Å². The Morgan fingerprint density at radius 3 is 2.18 bits per heavy atom. The summed E-state index contributed by atoms with van der Waals surface area (Å²) in [6.45, 7) is 0. The second-order valence-electron chi connectivity index (χ2n) is 2.46. The topological polar surface area (TPSA) is 132 Å². The van der Waals surface area contributed by atoms with E-state index in [0.717, 1.165) is 0 Å². The number of carbonyl (C=O) groups excluding carboxylic acids is 1. The van der Waals surface area contributed by atoms with Gasteiger partial charge in [-0.25, -0.2) is 23.4 Å². The number of esters is 1. The lowest BCUT2D eigenvalue weighted by molar-refractivity contribution is -2.00. The Hall–Kier alpha value is -1.45. The lowest BCUT2D eigenvalue weighted by Crippen LogP contribution is -2.68. The zero-order chi connectivity index (χ0) is 13.5. The van der Waals surface area contributed by atoms with Gasteiger partial charge < -0.3 is 4.74 Å². The molecule has 17 heavy (non-hydrogen) atoms. The molecule has 1 rings (SSSR count). The maximum Gasteiger partial charge on any atom is 0.408 e. The quantitative estimate of drug-likeness (QED) is 0.387. The van der Waals surface area contributed by atoms with Crippen LogP contribution < -0.4 is 28.2 Å². The van der Waals surface area contributed by atoms with Crippen molar-refractivity contribution in [1.82, 2.24) is 0 Å². The monoisotopic (exact) mass is 267 g/mol. The lowest BCUT2D eigenvalue weighted by atomic mass is 10.3. The van der Waals surface area contributed by atoms with Gasteiger partial charge in [-0.2, -0.15) is 0 Å². The van der Waals surface area contributed by atoms with Gasteiger partial charge in [-0.05, 0) is 6.07 Å². The molecule has 1 heterocycles. The predicted molar refractivity (Wildman–Crippen MR) is 40.5 cm³/mol. The lowest BCUT2D eigenvalue weighted by Gasteiger charge is -2.17. The molecule has 1 aromatic heterocycles. The average Bonchev–Trinajstić information content (AvgIpc) is 2.25. The van der Waals surface area contributed by atoms with E-state index in [1.54, 1.807) is 24.4 Å². The third-order valence-electron chi connectivity index (χ3n) is 1.42. The Morgan fingerprint density at radius 2 is 1.76 bits per heavy atom. The van der Waals surface area contributed by atoms with Crippen LogP contribution in [0.25, 0.3) is 0 Å². The second kappa shape index (κ2) is 6.99. The Kier molecular flexibility index (Phi) is 6.39. The molecule has 8 nitrogen and oxygen atoms in total. The number of carbonyl (C=O) groups is 1. The highest BCUT2D eigenvalue weighted by atomic mass is 35.7. The van der Waals surface area contributed by atoms with E-state index in [4.69, 9.17) is 23.5 Å². The second-order valence-corrected chi connectivity index (χ2v) is 3.22. The molecule has 1 aromatic rings. The van der Waals surface area contributed by atoms with Crippen molar-refractivity contribution in [3.05, 3.63) is 30.1 Å². The van der Waals surface area contributed by atoms with E-state index in [1.807, 2.05) is 0 Å². The minimum absolute atomic E-state index is 0.363. The molecule has 0 N–H and O–H groups in total. The molecule has 9 heteroatoms. The first-order valence-electron chi connectivity index (χ1n) is 4.05. The van der Waals surface area contributed by atoms with E-state index in [1.165, 1.54) is 19.0 Å². The number of hydrogen-bond donors (Lipinski definition) is 0. The molecular weight excluding hydrogens is 258 g/mol. The van der Waals surface area contributed by atoms with Crippen LogP contribution in [-0.2, 0) is 4.74 Å². The Labute approximate surface area is 98.9 Å². The van der Waals surface area contributed by atoms with Gasteiger partial charge in [0, 0.05) is 16.9 Å². The fraction of sp³-hybridized carbons (Fsp3) is 0.250. The average molecular weight is 268 g/mol. The standard InChI is InChI=1S/C8H10NO3.ClHO4/c1-11-8(10)7-5-3-4-6-9(7)12-2;2-1(3,4)5/h3-6H,1-2H3;(H,2,3,4,5)/q+1;/p-1. The highest BCUT2D eigenvalue weighted by Gasteiger charge is 2.19. The van der Waals surface area contributed by atoms with Gasteiger partial charge in [0.25, 0.3) is 0 Å². The first-order valence-corrected chi connectivity index (χ1v) is 5.28. The van der Waals surface area contributed by atoms with Crippen LogP contribution in [0.4, 0.5) is 0 Å². The number of pyridine rings is 1. The van der Waals surface area contributed by atoms with Gasteiger partial charge in [0.15, 0.2) is 0 Å². The highest BCUT2D eigenvalue weighted by molar-refractivity contribution is 5.85. The molecule has 0 spiro atoms. The largest absolute Gasteiger partial charge is 0.461 e. The Bertz CT molecular complexity index is 359. The van der Waals surface area contributed by atoms with Crippen molar-refractivity contribution < 1.29 is 48.0 Å². The zero-order valence-electron chi connectivity index (χ0n) is 8.99. The first-order chi connectivity index (χ1) is 7.79. The maximum atomic E-state index is 11.1. The molecule has 0 unspecified atom stereocenters. The third-order valence-corrected chi connectivity index (χ3v) is 1.42. The van der Waals surface area contributed by atoms with E-state index < -0.39 is 16.2 Å². The van der Waals surface area contributed by atoms with E-state index in [9.17, 15) is 4.79 Å². The number of hydrogen-bond acceptors (Lipinski definition) is 7. The summed E-state index contributed by atoms with van der Waals surface area (Å²) < 4.78 is 39.9. The fourth-order valence-electron chi connectivity index (χ4n) is 0.850. The van der Waals surface area contributed by atoms with Crippen LogP contribution in [0.1, 0.15) is 10.5 Å². The van der Waals surface area contributed by atoms with Crippen LogP contribution >= 0.6 is 0 Å². The third kappa shape index (κ3) is 7.44. The van der Waals surface area contributed by atoms with Crippen LogP contribution in [0.5, 0.6) is 0 Å². The minimum atomic E-state index is -4.94. The molecule has 0 bridgehead atoms. The van der Waals surface area contributed by atoms with Gasteiger partial charge in [0.2, 0.25) is 6.20 Å². The number of nitrogens with zero attached hydrogens (tertiary/aromatic N) is 1. The normalized spacial score (nSPS) is 10.0. The summed E-state index contributed by atoms with van der Waals surface area (Å²) in [5.74, 6) is -0.419. The molecule has 0 radical (unpaired) electrons. The summed E-state index contributed by atoms with van der Waals surface area (Å²) in [5.41, 5.74) is 0.363. The SMILES string of the molecule is COC(=O)c1cccc[n+]1OC.[O-][Cl+3]([O-])([O-])[O-]. The molecule has 96 valence electrons. The number of rotatable bonds is 2. The van der Waals surface area contributed by atoms with Gasteiger partial charge in [-0.1, -0.05) is 0 Å². The summed E-state index contributed by atoms with van der Waals surface area (Å²) in [6, 6.07) is 5.12. The maximum absolute atomic E-state index is 11.1. The highest BCUT2D eigenvalue weighted by Crippen LogP contribution is 1.92. The molecule has 0 aromatic carbocycles. The van der Waals surface area contributed by atoms with Crippen molar-refractivity contribution in [1.29, 1.82) is 0 Å². The van der Waals surface area contributed by atoms with Gasteiger partial charge >= 0.3 is 11.7 Å². The van der Waals surface area contributed by atoms with Crippen LogP contribution in [0.15, 0.2) is 24.4 Å². The predicted octanol–water partition coefficient (Wildman–Crippen LogP) is -4.94. The molecular formula is C8H10ClNO7. The van der Waals surface area contributed by atoms with Gasteiger partial charge in [-0.15, -0.1) is 10.2 Å². The van der Waals surface area contributed by atoms with E-state index in [0.29, 0.717) is 5.69 Å². The number of halogens is 1. The number of ether oxygens (including phenoxy) is 1. The van der Waals surface area contributed by atoms with Gasteiger partial charge in [0.1, 0.15) is 7.11 Å². The van der Waals surface area contributed by atoms with Crippen molar-refractivity contribution in [2.75, 3.05) is 14.2 Å². The van der Waals surface area contributed by atoms with Crippen molar-refractivity contribution in [2.45, 2.75) is 0 Å². The minimum Gasteiger partial charge on any atom is -0.461 e. The summed E-state index contributed by atoms with van der Waals surface area (Å²) in [5, 5.41) is 0. The summed E-state index contributed by atoms with van der Waals surface area (Å²) in [4.78, 5) is 16.0. The van der Waals surface area contributed by atoms with E-state index >= 15 is 0 Å². The van der Waals surface area contributed by atoms with Crippen molar-refractivity contribution in [3.63, 3.8) is 0 Å². The first kappa shape index (κ1) is 15.6. The van der Waals surface area contributed by atoms with Crippen molar-refractivity contribution in [3.8, 4) is 0 Å². The molecule has 0 amide bonds. The summed E-state index contributed by atoms with van der Waals surface area (Å²) in [6.07, 6.45) is 1.63. The summed E-state index contributed by atoms with van der Waals surface area (Å²) >= 11 is 0. The molecule has 0 atom stereocenters. The van der Waals surface area contributed by atoms with Crippen LogP contribution in [-0.4, -0.2) is 20.2 Å². The zero-order valence-corrected chi connectivity index (χ0v) is 9.75. The van der Waals surface area contributed by atoms with E-state index in [-0.39, 0.29) is 0 Å². The van der Waals surface area contributed by atoms with Crippen LogP contribution in [0.2, 0.25) is 0 Å². The summed E-state index contributed by atoms with van der Waals surface area (Å²) in [7, 11) is -2.14. The molecule has 0 aliphatic rings. The Morgan fingerprint density at radius 1 is 1.24 bits per heavy atom. The van der Waals surface area contributed by atoms with Crippen LogP contribution in [0, 0.1) is 10.2 Å². The number of methoxy groups -OCH3 is 1. The molecule has 0 saturated heterocycles. The molecule has 0 aliphatic carbocycles. The Balaban J connectivity index is 0.000000437. The fourth-order valence-corrected chi connectivity index (χ4v) is 0.850. The molecule has 0 saturated carbocycles. The van der Waals surface area contributed by atoms with Crippen LogP contribution in [0.3, 0.4) is 0 Å². The number of aromatic nitrogens is 1. The van der Waals surface area contributed by atoms with Crippen molar-refractivity contribution in [2.24, 2.45) is 0 Å². The smallest absolute Gasteiger partial charge is 0.408 e. The van der Waals surface area contributed by atoms with Gasteiger partial charge in [-0.3, -0.25) is 4.84 Å². The van der Waals surface area contributed by atoms with Crippen molar-refractivity contribution >= 4 is 5.97 Å².